The number of ether oxygens (including phenoxy) is 1. The lowest BCUT2D eigenvalue weighted by Crippen LogP contribution is -2.41. The molecule has 1 aromatic rings. The first-order chi connectivity index (χ1) is 9.13. The standard InChI is InChI=1S/C15H23NO3/c1-11-4-5-13(10-11)16(7-9-18-3)15(17)14-12(2)6-8-19-14/h6,8,11,13H,4-5,7,9-10H2,1-3H3/t11-,13+/m0/s1. The first kappa shape index (κ1) is 14.1. The average molecular weight is 265 g/mol. The highest BCUT2D eigenvalue weighted by Gasteiger charge is 2.32. The molecule has 1 aliphatic rings. The van der Waals surface area contributed by atoms with Crippen LogP contribution >= 0.6 is 0 Å². The van der Waals surface area contributed by atoms with Crippen LogP contribution in [0.4, 0.5) is 0 Å². The lowest BCUT2D eigenvalue weighted by Gasteiger charge is -2.28. The molecule has 0 aromatic carbocycles. The van der Waals surface area contributed by atoms with E-state index in [2.05, 4.69) is 6.92 Å². The van der Waals surface area contributed by atoms with Crippen LogP contribution in [0.15, 0.2) is 16.7 Å². The summed E-state index contributed by atoms with van der Waals surface area (Å²) >= 11 is 0. The van der Waals surface area contributed by atoms with Gasteiger partial charge < -0.3 is 14.1 Å². The fraction of sp³-hybridized carbons (Fsp3) is 0.667. The van der Waals surface area contributed by atoms with Crippen molar-refractivity contribution in [2.24, 2.45) is 5.92 Å². The van der Waals surface area contributed by atoms with Gasteiger partial charge in [-0.15, -0.1) is 0 Å². The molecule has 2 atom stereocenters. The minimum atomic E-state index is -0.00125. The van der Waals surface area contributed by atoms with Crippen molar-refractivity contribution in [1.82, 2.24) is 4.90 Å². The molecule has 1 amide bonds. The second-order valence-electron chi connectivity index (χ2n) is 5.50. The molecule has 0 radical (unpaired) electrons. The molecule has 0 saturated heterocycles. The second kappa shape index (κ2) is 6.24. The van der Waals surface area contributed by atoms with Crippen LogP contribution in [0.25, 0.3) is 0 Å². The van der Waals surface area contributed by atoms with Gasteiger partial charge in [-0.1, -0.05) is 6.92 Å². The number of hydrogen-bond donors (Lipinski definition) is 0. The molecule has 1 aromatic heterocycles. The molecule has 0 aliphatic heterocycles. The molecule has 4 heteroatoms. The highest BCUT2D eigenvalue weighted by atomic mass is 16.5. The van der Waals surface area contributed by atoms with Gasteiger partial charge in [-0.3, -0.25) is 4.79 Å². The maximum atomic E-state index is 12.6. The number of amides is 1. The number of aryl methyl sites for hydroxylation is 1. The van der Waals surface area contributed by atoms with E-state index in [1.807, 2.05) is 17.9 Å². The zero-order chi connectivity index (χ0) is 13.8. The van der Waals surface area contributed by atoms with Gasteiger partial charge in [-0.25, -0.2) is 0 Å². The molecular formula is C15H23NO3. The van der Waals surface area contributed by atoms with Gasteiger partial charge >= 0.3 is 0 Å². The summed E-state index contributed by atoms with van der Waals surface area (Å²) in [5.41, 5.74) is 0.901. The van der Waals surface area contributed by atoms with E-state index in [1.165, 1.54) is 6.42 Å². The van der Waals surface area contributed by atoms with Gasteiger partial charge in [-0.05, 0) is 38.2 Å². The number of methoxy groups -OCH3 is 1. The van der Waals surface area contributed by atoms with Gasteiger partial charge in [0, 0.05) is 25.3 Å². The highest BCUT2D eigenvalue weighted by molar-refractivity contribution is 5.93. The third kappa shape index (κ3) is 3.18. The Labute approximate surface area is 114 Å². The fourth-order valence-electron chi connectivity index (χ4n) is 2.82. The number of rotatable bonds is 5. The van der Waals surface area contributed by atoms with Crippen LogP contribution in [0.2, 0.25) is 0 Å². The van der Waals surface area contributed by atoms with Crippen molar-refractivity contribution in [3.63, 3.8) is 0 Å². The minimum absolute atomic E-state index is 0.00125. The van der Waals surface area contributed by atoms with Gasteiger partial charge in [0.1, 0.15) is 0 Å². The summed E-state index contributed by atoms with van der Waals surface area (Å²) in [6, 6.07) is 2.15. The summed E-state index contributed by atoms with van der Waals surface area (Å²) in [6.45, 7) is 5.35. The molecule has 1 fully saturated rings. The Hall–Kier alpha value is -1.29. The quantitative estimate of drug-likeness (QED) is 0.822. The smallest absolute Gasteiger partial charge is 0.290 e. The second-order valence-corrected chi connectivity index (χ2v) is 5.50. The van der Waals surface area contributed by atoms with Crippen molar-refractivity contribution in [2.75, 3.05) is 20.3 Å². The predicted octanol–water partition coefficient (Wildman–Crippen LogP) is 2.87. The van der Waals surface area contributed by atoms with Crippen molar-refractivity contribution in [3.05, 3.63) is 23.7 Å². The van der Waals surface area contributed by atoms with Crippen LogP contribution < -0.4 is 0 Å². The number of hydrogen-bond acceptors (Lipinski definition) is 3. The van der Waals surface area contributed by atoms with Crippen molar-refractivity contribution in [1.29, 1.82) is 0 Å². The zero-order valence-electron chi connectivity index (χ0n) is 12.0. The van der Waals surface area contributed by atoms with E-state index in [0.717, 1.165) is 18.4 Å². The molecule has 1 aliphatic carbocycles. The topological polar surface area (TPSA) is 42.7 Å². The van der Waals surface area contributed by atoms with E-state index in [4.69, 9.17) is 9.15 Å². The van der Waals surface area contributed by atoms with Crippen molar-refractivity contribution < 1.29 is 13.9 Å². The predicted molar refractivity (Wildman–Crippen MR) is 73.2 cm³/mol. The maximum Gasteiger partial charge on any atom is 0.290 e. The Morgan fingerprint density at radius 1 is 1.53 bits per heavy atom. The van der Waals surface area contributed by atoms with E-state index in [0.29, 0.717) is 30.9 Å². The van der Waals surface area contributed by atoms with E-state index in [1.54, 1.807) is 13.4 Å². The Bertz CT molecular complexity index is 427. The molecule has 4 nitrogen and oxygen atoms in total. The summed E-state index contributed by atoms with van der Waals surface area (Å²) in [7, 11) is 1.66. The molecule has 0 spiro atoms. The largest absolute Gasteiger partial charge is 0.459 e. The highest BCUT2D eigenvalue weighted by Crippen LogP contribution is 2.30. The van der Waals surface area contributed by atoms with Crippen LogP contribution in [0.5, 0.6) is 0 Å². The maximum absolute atomic E-state index is 12.6. The first-order valence-electron chi connectivity index (χ1n) is 6.97. The molecule has 0 N–H and O–H groups in total. The number of carbonyl (C=O) groups is 1. The summed E-state index contributed by atoms with van der Waals surface area (Å²) in [6.07, 6.45) is 4.93. The van der Waals surface area contributed by atoms with E-state index in [-0.39, 0.29) is 5.91 Å². The van der Waals surface area contributed by atoms with Crippen LogP contribution in [0.3, 0.4) is 0 Å². The lowest BCUT2D eigenvalue weighted by molar-refractivity contribution is 0.0570. The summed E-state index contributed by atoms with van der Waals surface area (Å²) in [5.74, 6) is 1.16. The van der Waals surface area contributed by atoms with Crippen molar-refractivity contribution in [2.45, 2.75) is 39.2 Å². The normalized spacial score (nSPS) is 22.7. The van der Waals surface area contributed by atoms with Gasteiger partial charge in [0.15, 0.2) is 5.76 Å². The Balaban J connectivity index is 2.13. The lowest BCUT2D eigenvalue weighted by atomic mass is 10.1. The third-order valence-electron chi connectivity index (χ3n) is 3.96. The van der Waals surface area contributed by atoms with Gasteiger partial charge in [0.2, 0.25) is 0 Å². The number of furan rings is 1. The van der Waals surface area contributed by atoms with Crippen LogP contribution in [0, 0.1) is 12.8 Å². The van der Waals surface area contributed by atoms with E-state index in [9.17, 15) is 4.79 Å². The SMILES string of the molecule is COCCN(C(=O)c1occc1C)[C@@H]1CC[C@H](C)C1. The Morgan fingerprint density at radius 2 is 2.32 bits per heavy atom. The molecule has 19 heavy (non-hydrogen) atoms. The van der Waals surface area contributed by atoms with Gasteiger partial charge in [-0.2, -0.15) is 0 Å². The Morgan fingerprint density at radius 3 is 2.84 bits per heavy atom. The molecule has 1 saturated carbocycles. The fourth-order valence-corrected chi connectivity index (χ4v) is 2.82. The average Bonchev–Trinajstić information content (AvgIpc) is 2.98. The van der Waals surface area contributed by atoms with Crippen LogP contribution in [-0.4, -0.2) is 37.1 Å². The van der Waals surface area contributed by atoms with E-state index < -0.39 is 0 Å². The van der Waals surface area contributed by atoms with Gasteiger partial charge in [0.05, 0.1) is 12.9 Å². The molecule has 0 unspecified atom stereocenters. The zero-order valence-corrected chi connectivity index (χ0v) is 12.0. The van der Waals surface area contributed by atoms with E-state index >= 15 is 0 Å². The molecule has 106 valence electrons. The van der Waals surface area contributed by atoms with Gasteiger partial charge in [0.25, 0.3) is 5.91 Å². The molecular weight excluding hydrogens is 242 g/mol. The van der Waals surface area contributed by atoms with Crippen LogP contribution in [0.1, 0.15) is 42.3 Å². The summed E-state index contributed by atoms with van der Waals surface area (Å²) < 4.78 is 10.5. The van der Waals surface area contributed by atoms with Crippen molar-refractivity contribution >= 4 is 5.91 Å². The van der Waals surface area contributed by atoms with Crippen LogP contribution in [-0.2, 0) is 4.74 Å². The summed E-state index contributed by atoms with van der Waals surface area (Å²) in [4.78, 5) is 14.5. The van der Waals surface area contributed by atoms with Crippen molar-refractivity contribution in [3.8, 4) is 0 Å². The Kier molecular flexibility index (Phi) is 4.64. The first-order valence-corrected chi connectivity index (χ1v) is 6.97. The molecule has 1 heterocycles. The summed E-state index contributed by atoms with van der Waals surface area (Å²) in [5, 5.41) is 0. The third-order valence-corrected chi connectivity index (χ3v) is 3.96. The number of carbonyl (C=O) groups excluding carboxylic acids is 1. The molecule has 0 bridgehead atoms. The molecule has 2 rings (SSSR count). The monoisotopic (exact) mass is 265 g/mol. The minimum Gasteiger partial charge on any atom is -0.459 e. The number of nitrogens with zero attached hydrogens (tertiary/aromatic N) is 1.